The van der Waals surface area contributed by atoms with E-state index >= 15 is 0 Å². The van der Waals surface area contributed by atoms with Crippen molar-refractivity contribution in [2.75, 3.05) is 0 Å². The van der Waals surface area contributed by atoms with Crippen LogP contribution < -0.4 is 0 Å². The van der Waals surface area contributed by atoms with E-state index < -0.39 is 0 Å². The lowest BCUT2D eigenvalue weighted by Gasteiger charge is -2.34. The molecule has 0 aromatic heterocycles. The second-order valence-corrected chi connectivity index (χ2v) is 16.0. The molecule has 0 saturated carbocycles. The Balaban J connectivity index is 1.56. The Bertz CT molecular complexity index is 985. The molecule has 2 heteroatoms. The number of hydrogen-bond acceptors (Lipinski definition) is 2. The summed E-state index contributed by atoms with van der Waals surface area (Å²) in [5.41, 5.74) is 6.80. The first-order chi connectivity index (χ1) is 19.6. The van der Waals surface area contributed by atoms with Gasteiger partial charge in [-0.25, -0.2) is 0 Å². The quantitative estimate of drug-likeness (QED) is 0.119. The van der Waals surface area contributed by atoms with Gasteiger partial charge in [0.05, 0.1) is 0 Å². The molecule has 0 fully saturated rings. The highest BCUT2D eigenvalue weighted by Gasteiger charge is 2.32. The predicted octanol–water partition coefficient (Wildman–Crippen LogP) is 12.3. The van der Waals surface area contributed by atoms with Gasteiger partial charge in [0.2, 0.25) is 0 Å². The van der Waals surface area contributed by atoms with E-state index in [0.29, 0.717) is 11.6 Å². The Kier molecular flexibility index (Phi) is 15.0. The Hall–Kier alpha value is -1.44. The van der Waals surface area contributed by atoms with E-state index in [9.17, 15) is 9.59 Å². The zero-order chi connectivity index (χ0) is 31.5. The maximum absolute atomic E-state index is 12.2. The Morgan fingerprint density at radius 3 is 1.62 bits per heavy atom. The molecule has 0 aromatic rings. The first-order valence-corrected chi connectivity index (χ1v) is 17.8. The molecule has 0 amide bonds. The van der Waals surface area contributed by atoms with E-state index in [1.807, 2.05) is 6.92 Å². The van der Waals surface area contributed by atoms with Crippen LogP contribution in [-0.2, 0) is 9.59 Å². The Morgan fingerprint density at radius 1 is 0.667 bits per heavy atom. The van der Waals surface area contributed by atoms with E-state index in [1.54, 1.807) is 0 Å². The van der Waals surface area contributed by atoms with Gasteiger partial charge < -0.3 is 0 Å². The minimum atomic E-state index is 0.176. The molecule has 0 saturated heterocycles. The summed E-state index contributed by atoms with van der Waals surface area (Å²) >= 11 is 0. The van der Waals surface area contributed by atoms with E-state index in [1.165, 1.54) is 80.9 Å². The third-order valence-corrected chi connectivity index (χ3v) is 11.2. The fourth-order valence-corrected chi connectivity index (χ4v) is 7.59. The van der Waals surface area contributed by atoms with Crippen molar-refractivity contribution in [3.8, 4) is 0 Å². The molecule has 3 atom stereocenters. The lowest BCUT2D eigenvalue weighted by Crippen LogP contribution is -2.25. The van der Waals surface area contributed by atoms with Crippen molar-refractivity contribution >= 4 is 11.6 Å². The van der Waals surface area contributed by atoms with Crippen molar-refractivity contribution in [1.29, 1.82) is 0 Å². The van der Waals surface area contributed by atoms with E-state index in [-0.39, 0.29) is 10.8 Å². The van der Waals surface area contributed by atoms with Crippen LogP contribution in [0, 0.1) is 28.6 Å². The molecule has 0 heterocycles. The van der Waals surface area contributed by atoms with Crippen LogP contribution in [0.4, 0.5) is 0 Å². The molecule has 240 valence electrons. The van der Waals surface area contributed by atoms with Gasteiger partial charge in [-0.15, -0.1) is 0 Å². The minimum absolute atomic E-state index is 0.176. The summed E-state index contributed by atoms with van der Waals surface area (Å²) in [6.45, 7) is 23.0. The highest BCUT2D eigenvalue weighted by Crippen LogP contribution is 2.42. The molecule has 0 spiro atoms. The first-order valence-electron chi connectivity index (χ1n) is 17.8. The maximum Gasteiger partial charge on any atom is 0.158 e. The zero-order valence-corrected chi connectivity index (χ0v) is 29.6. The number of carbonyl (C=O) groups excluding carboxylic acids is 2. The second-order valence-electron chi connectivity index (χ2n) is 16.0. The number of carbonyl (C=O) groups is 2. The predicted molar refractivity (Wildman–Crippen MR) is 183 cm³/mol. The van der Waals surface area contributed by atoms with Gasteiger partial charge in [-0.3, -0.25) is 9.59 Å². The van der Waals surface area contributed by atoms with E-state index in [0.717, 1.165) is 73.8 Å². The van der Waals surface area contributed by atoms with Crippen LogP contribution in [0.3, 0.4) is 0 Å². The molecule has 0 N–H and O–H groups in total. The molecule has 0 aliphatic heterocycles. The normalized spacial score (nSPS) is 21.6. The van der Waals surface area contributed by atoms with Crippen LogP contribution in [0.2, 0.25) is 0 Å². The van der Waals surface area contributed by atoms with Crippen LogP contribution in [0.1, 0.15) is 178 Å². The van der Waals surface area contributed by atoms with Crippen LogP contribution in [0.15, 0.2) is 33.9 Å². The average molecular weight is 581 g/mol. The highest BCUT2D eigenvalue weighted by molar-refractivity contribution is 5.97. The van der Waals surface area contributed by atoms with Crippen molar-refractivity contribution in [3.05, 3.63) is 33.9 Å². The number of hydrogen-bond donors (Lipinski definition) is 0. The third-order valence-electron chi connectivity index (χ3n) is 11.2. The monoisotopic (exact) mass is 581 g/mol. The number of rotatable bonds is 18. The molecule has 0 radical (unpaired) electrons. The molecule has 2 aliphatic carbocycles. The van der Waals surface area contributed by atoms with Gasteiger partial charge in [0.15, 0.2) is 11.6 Å². The van der Waals surface area contributed by atoms with Gasteiger partial charge >= 0.3 is 0 Å². The van der Waals surface area contributed by atoms with E-state index in [4.69, 9.17) is 0 Å². The molecular formula is C40H68O2. The standard InChI is InChI=1S/C40H68O2/c1-29(17-13-19-31(3)21-23-35-33(5)37(41)25-27-39(35,7)8)15-11-12-16-30(2)18-14-20-32(4)22-24-36-34(6)38(42)26-28-40(36,9)10/h19,29-30,32H,11-18,20-28H2,1-10H3/b31-19+. The molecule has 2 rings (SSSR count). The number of allylic oxidation sites excluding steroid dienone is 6. The van der Waals surface area contributed by atoms with Crippen molar-refractivity contribution in [2.45, 2.75) is 178 Å². The van der Waals surface area contributed by atoms with Gasteiger partial charge in [-0.2, -0.15) is 0 Å². The molecular weight excluding hydrogens is 512 g/mol. The minimum Gasteiger partial charge on any atom is -0.295 e. The number of ketones is 2. The Labute approximate surface area is 261 Å². The van der Waals surface area contributed by atoms with Crippen molar-refractivity contribution in [3.63, 3.8) is 0 Å². The summed E-state index contributed by atoms with van der Waals surface area (Å²) in [6, 6.07) is 0. The van der Waals surface area contributed by atoms with Crippen LogP contribution >= 0.6 is 0 Å². The summed E-state index contributed by atoms with van der Waals surface area (Å²) in [5.74, 6) is 3.12. The van der Waals surface area contributed by atoms with Crippen LogP contribution in [0.25, 0.3) is 0 Å². The van der Waals surface area contributed by atoms with Crippen LogP contribution in [0.5, 0.6) is 0 Å². The van der Waals surface area contributed by atoms with Gasteiger partial charge in [0.25, 0.3) is 0 Å². The van der Waals surface area contributed by atoms with Crippen LogP contribution in [-0.4, -0.2) is 11.6 Å². The number of unbranched alkanes of at least 4 members (excludes halogenated alkanes) is 1. The topological polar surface area (TPSA) is 34.1 Å². The molecule has 2 aliphatic rings. The fourth-order valence-electron chi connectivity index (χ4n) is 7.59. The molecule has 3 unspecified atom stereocenters. The summed E-state index contributed by atoms with van der Waals surface area (Å²) < 4.78 is 0. The molecule has 42 heavy (non-hydrogen) atoms. The molecule has 0 bridgehead atoms. The summed E-state index contributed by atoms with van der Waals surface area (Å²) in [7, 11) is 0. The third kappa shape index (κ3) is 11.9. The summed E-state index contributed by atoms with van der Waals surface area (Å²) in [4.78, 5) is 24.4. The Morgan fingerprint density at radius 2 is 1.10 bits per heavy atom. The summed E-state index contributed by atoms with van der Waals surface area (Å²) in [6.07, 6.45) is 22.3. The van der Waals surface area contributed by atoms with Gasteiger partial charge in [-0.1, -0.05) is 116 Å². The second kappa shape index (κ2) is 17.2. The molecule has 2 nitrogen and oxygen atoms in total. The van der Waals surface area contributed by atoms with Crippen molar-refractivity contribution < 1.29 is 9.59 Å². The average Bonchev–Trinajstić information content (AvgIpc) is 2.91. The lowest BCUT2D eigenvalue weighted by atomic mass is 9.70. The fraction of sp³-hybridized carbons (Fsp3) is 0.800. The smallest absolute Gasteiger partial charge is 0.158 e. The molecule has 0 aromatic carbocycles. The lowest BCUT2D eigenvalue weighted by molar-refractivity contribution is -0.117. The summed E-state index contributed by atoms with van der Waals surface area (Å²) in [5, 5.41) is 0. The largest absolute Gasteiger partial charge is 0.295 e. The van der Waals surface area contributed by atoms with Crippen molar-refractivity contribution in [1.82, 2.24) is 0 Å². The van der Waals surface area contributed by atoms with E-state index in [2.05, 4.69) is 68.4 Å². The zero-order valence-electron chi connectivity index (χ0n) is 29.6. The number of Topliss-reactive ketones (excluding diaryl/α,β-unsaturated/α-hetero) is 2. The first kappa shape index (κ1) is 36.8. The van der Waals surface area contributed by atoms with Gasteiger partial charge in [-0.05, 0) is 112 Å². The SMILES string of the molecule is CC1=C(CC/C(C)=C/CCC(C)CCCCC(C)CCCC(C)CCC2=C(C)C(=O)CCC2(C)C)C(C)(C)CCC1=O. The van der Waals surface area contributed by atoms with Gasteiger partial charge in [0.1, 0.15) is 0 Å². The maximum atomic E-state index is 12.2. The highest BCUT2D eigenvalue weighted by atomic mass is 16.1. The van der Waals surface area contributed by atoms with Gasteiger partial charge in [0, 0.05) is 12.8 Å². The van der Waals surface area contributed by atoms with Crippen molar-refractivity contribution in [2.24, 2.45) is 28.6 Å².